The molecular weight excluding hydrogens is 474 g/mol. The number of carbonyl (C=O) groups is 1. The fourth-order valence-corrected chi connectivity index (χ4v) is 9.79. The molecular formula is C29H40ClN3O3. The summed E-state index contributed by atoms with van der Waals surface area (Å²) >= 11 is 6.21. The number of methoxy groups -OCH3 is 1. The van der Waals surface area contributed by atoms with E-state index in [9.17, 15) is 9.90 Å². The van der Waals surface area contributed by atoms with Gasteiger partial charge in [-0.3, -0.25) is 4.79 Å². The number of fused-ring (bicyclic) bond motifs is 6. The second-order valence-electron chi connectivity index (χ2n) is 13.0. The van der Waals surface area contributed by atoms with Crippen molar-refractivity contribution in [3.63, 3.8) is 0 Å². The van der Waals surface area contributed by atoms with Crippen molar-refractivity contribution >= 4 is 28.4 Å². The molecule has 6 rings (SSSR count). The van der Waals surface area contributed by atoms with E-state index in [4.69, 9.17) is 16.3 Å². The van der Waals surface area contributed by atoms with Gasteiger partial charge in [0, 0.05) is 18.1 Å². The Kier molecular flexibility index (Phi) is 6.05. The summed E-state index contributed by atoms with van der Waals surface area (Å²) in [7, 11) is 1.85. The van der Waals surface area contributed by atoms with Crippen LogP contribution in [0, 0.1) is 40.4 Å². The smallest absolute Gasteiger partial charge is 0.157 e. The molecule has 0 unspecified atom stereocenters. The summed E-state index contributed by atoms with van der Waals surface area (Å²) in [6.45, 7) is 5.50. The van der Waals surface area contributed by atoms with Crippen molar-refractivity contribution < 1.29 is 14.6 Å². The van der Waals surface area contributed by atoms with Crippen molar-refractivity contribution in [2.24, 2.45) is 40.4 Å². The molecule has 6 nitrogen and oxygen atoms in total. The fourth-order valence-electron chi connectivity index (χ4n) is 9.62. The van der Waals surface area contributed by atoms with Crippen LogP contribution in [0.1, 0.15) is 71.6 Å². The quantitative estimate of drug-likeness (QED) is 0.555. The molecule has 2 aromatic rings. The van der Waals surface area contributed by atoms with Gasteiger partial charge in [-0.15, -0.1) is 5.10 Å². The topological polar surface area (TPSA) is 77.2 Å². The molecule has 8 atom stereocenters. The van der Waals surface area contributed by atoms with Crippen molar-refractivity contribution in [1.82, 2.24) is 15.0 Å². The first-order valence-electron chi connectivity index (χ1n) is 13.9. The molecule has 4 saturated carbocycles. The normalized spacial score (nSPS) is 42.1. The first kappa shape index (κ1) is 24.8. The maximum absolute atomic E-state index is 13.8. The molecule has 0 saturated heterocycles. The predicted octanol–water partition coefficient (Wildman–Crippen LogP) is 5.69. The van der Waals surface area contributed by atoms with E-state index >= 15 is 0 Å². The number of aliphatic hydroxyl groups is 1. The van der Waals surface area contributed by atoms with E-state index in [1.54, 1.807) is 4.68 Å². The van der Waals surface area contributed by atoms with Crippen LogP contribution in [0.15, 0.2) is 18.2 Å². The highest BCUT2D eigenvalue weighted by molar-refractivity contribution is 6.31. The highest BCUT2D eigenvalue weighted by Crippen LogP contribution is 2.68. The van der Waals surface area contributed by atoms with Gasteiger partial charge >= 0.3 is 0 Å². The average molecular weight is 514 g/mol. The Hall–Kier alpha value is -1.50. The van der Waals surface area contributed by atoms with Gasteiger partial charge in [0.25, 0.3) is 0 Å². The van der Waals surface area contributed by atoms with Crippen LogP contribution in [0.5, 0.6) is 0 Å². The van der Waals surface area contributed by atoms with Crippen LogP contribution >= 0.6 is 11.6 Å². The van der Waals surface area contributed by atoms with E-state index in [2.05, 4.69) is 17.2 Å². The standard InChI is InChI=1S/C29H40ClN3O3/c1-27(35)12-13-29(17-36-3)18(15-27)4-6-20-21-7-8-23(28(21,2)11-10-22(20)29)26(34)16-33-25-14-19(30)5-9-24(25)31-32-33/h5,9,14,18,20-23,35H,4,6-8,10-13,15-17H2,1-3H3/t18-,20-,21-,22-,23+,27+,28-,29+/m0/s1. The molecule has 0 amide bonds. The van der Waals surface area contributed by atoms with Crippen LogP contribution in [-0.4, -0.2) is 45.2 Å². The lowest BCUT2D eigenvalue weighted by Crippen LogP contribution is -2.58. The number of Topliss-reactive ketones (excluding diaryl/α,β-unsaturated/α-hetero) is 1. The molecule has 0 aliphatic heterocycles. The molecule has 1 heterocycles. The summed E-state index contributed by atoms with van der Waals surface area (Å²) in [5.41, 5.74) is 1.29. The van der Waals surface area contributed by atoms with Gasteiger partial charge in [0.05, 0.1) is 17.7 Å². The summed E-state index contributed by atoms with van der Waals surface area (Å²) in [5.74, 6) is 2.79. The number of ether oxygens (including phenoxy) is 1. The Labute approximate surface area is 219 Å². The number of aromatic nitrogens is 3. The number of halogens is 1. The van der Waals surface area contributed by atoms with E-state index in [1.165, 1.54) is 19.3 Å². The molecule has 196 valence electrons. The lowest BCUT2D eigenvalue weighted by molar-refractivity contribution is -0.175. The van der Waals surface area contributed by atoms with Crippen LogP contribution in [-0.2, 0) is 16.1 Å². The number of hydrogen-bond acceptors (Lipinski definition) is 5. The minimum absolute atomic E-state index is 0.0491. The molecule has 4 aliphatic carbocycles. The zero-order chi connectivity index (χ0) is 25.3. The van der Waals surface area contributed by atoms with Gasteiger partial charge in [-0.05, 0) is 117 Å². The zero-order valence-corrected chi connectivity index (χ0v) is 22.6. The maximum Gasteiger partial charge on any atom is 0.157 e. The van der Waals surface area contributed by atoms with Crippen LogP contribution < -0.4 is 0 Å². The Bertz CT molecular complexity index is 1160. The monoisotopic (exact) mass is 513 g/mol. The molecule has 7 heteroatoms. The van der Waals surface area contributed by atoms with E-state index in [-0.39, 0.29) is 23.3 Å². The molecule has 36 heavy (non-hydrogen) atoms. The first-order valence-corrected chi connectivity index (χ1v) is 14.3. The van der Waals surface area contributed by atoms with E-state index < -0.39 is 5.60 Å². The number of hydrogen-bond donors (Lipinski definition) is 1. The largest absolute Gasteiger partial charge is 0.390 e. The van der Waals surface area contributed by atoms with Gasteiger partial charge in [0.15, 0.2) is 5.78 Å². The third kappa shape index (κ3) is 3.77. The molecule has 0 bridgehead atoms. The van der Waals surface area contributed by atoms with Crippen molar-refractivity contribution in [2.75, 3.05) is 13.7 Å². The van der Waals surface area contributed by atoms with Crippen LogP contribution in [0.2, 0.25) is 5.02 Å². The Morgan fingerprint density at radius 2 is 1.97 bits per heavy atom. The molecule has 0 spiro atoms. The molecule has 4 fully saturated rings. The first-order chi connectivity index (χ1) is 17.2. The van der Waals surface area contributed by atoms with Gasteiger partial charge < -0.3 is 9.84 Å². The van der Waals surface area contributed by atoms with E-state index in [1.807, 2.05) is 32.2 Å². The predicted molar refractivity (Wildman–Crippen MR) is 140 cm³/mol. The van der Waals surface area contributed by atoms with Gasteiger partial charge in [-0.2, -0.15) is 0 Å². The van der Waals surface area contributed by atoms with E-state index in [0.29, 0.717) is 34.5 Å². The third-order valence-electron chi connectivity index (χ3n) is 11.2. The number of rotatable bonds is 5. The summed E-state index contributed by atoms with van der Waals surface area (Å²) in [5, 5.41) is 20.0. The molecule has 1 aromatic heterocycles. The summed E-state index contributed by atoms with van der Waals surface area (Å²) in [6, 6.07) is 5.52. The number of nitrogens with zero attached hydrogens (tertiary/aromatic N) is 3. The van der Waals surface area contributed by atoms with Crippen molar-refractivity contribution in [3.05, 3.63) is 23.2 Å². The van der Waals surface area contributed by atoms with Gasteiger partial charge in [0.2, 0.25) is 0 Å². The number of carbonyl (C=O) groups excluding carboxylic acids is 1. The minimum atomic E-state index is -0.543. The molecule has 1 aromatic carbocycles. The van der Waals surface area contributed by atoms with E-state index in [0.717, 1.165) is 56.2 Å². The average Bonchev–Trinajstić information content (AvgIpc) is 3.39. The highest BCUT2D eigenvalue weighted by atomic mass is 35.5. The van der Waals surface area contributed by atoms with Crippen molar-refractivity contribution in [1.29, 1.82) is 0 Å². The molecule has 0 radical (unpaired) electrons. The van der Waals surface area contributed by atoms with Gasteiger partial charge in [-0.25, -0.2) is 4.68 Å². The summed E-state index contributed by atoms with van der Waals surface area (Å²) in [4.78, 5) is 13.8. The lowest BCUT2D eigenvalue weighted by Gasteiger charge is -2.62. The zero-order valence-electron chi connectivity index (χ0n) is 21.9. The van der Waals surface area contributed by atoms with Crippen LogP contribution in [0.25, 0.3) is 11.0 Å². The second-order valence-corrected chi connectivity index (χ2v) is 13.5. The van der Waals surface area contributed by atoms with Crippen LogP contribution in [0.4, 0.5) is 0 Å². The minimum Gasteiger partial charge on any atom is -0.390 e. The van der Waals surface area contributed by atoms with Crippen LogP contribution in [0.3, 0.4) is 0 Å². The summed E-state index contributed by atoms with van der Waals surface area (Å²) in [6.07, 6.45) is 9.64. The Balaban J connectivity index is 1.24. The number of benzene rings is 1. The Morgan fingerprint density at radius 1 is 1.14 bits per heavy atom. The maximum atomic E-state index is 13.8. The van der Waals surface area contributed by atoms with Gasteiger partial charge in [0.1, 0.15) is 12.1 Å². The van der Waals surface area contributed by atoms with Crippen molar-refractivity contribution in [3.8, 4) is 0 Å². The summed E-state index contributed by atoms with van der Waals surface area (Å²) < 4.78 is 7.63. The second kappa shape index (κ2) is 8.78. The molecule has 4 aliphatic rings. The Morgan fingerprint density at radius 3 is 2.78 bits per heavy atom. The van der Waals surface area contributed by atoms with Gasteiger partial charge in [-0.1, -0.05) is 23.7 Å². The third-order valence-corrected chi connectivity index (χ3v) is 11.5. The molecule has 1 N–H and O–H groups in total. The fraction of sp³-hybridized carbons (Fsp3) is 0.759. The highest BCUT2D eigenvalue weighted by Gasteiger charge is 2.63. The number of ketones is 1. The lowest BCUT2D eigenvalue weighted by atomic mass is 9.43. The van der Waals surface area contributed by atoms with Crippen molar-refractivity contribution in [2.45, 2.75) is 83.8 Å². The SMILES string of the molecule is COC[C@]12CC[C@@](C)(O)C[C@@H]1CC[C@H]1[C@@H]3CC[C@H](C(=O)Cn4nnc5ccc(Cl)cc54)[C@@]3(C)CC[C@@H]12.